The normalized spacial score (nSPS) is 18.7. The highest BCUT2D eigenvalue weighted by atomic mass is 16.3. The summed E-state index contributed by atoms with van der Waals surface area (Å²) in [6.07, 6.45) is 10.0. The number of aliphatic hydroxyl groups excluding tert-OH is 1. The van der Waals surface area contributed by atoms with E-state index in [0.29, 0.717) is 18.5 Å². The molecule has 1 aliphatic rings. The average Bonchev–Trinajstić information content (AvgIpc) is 2.81. The highest BCUT2D eigenvalue weighted by Gasteiger charge is 2.13. The summed E-state index contributed by atoms with van der Waals surface area (Å²) in [6.45, 7) is 0.620. The molecule has 1 unspecified atom stereocenters. The van der Waals surface area contributed by atoms with Gasteiger partial charge in [0.1, 0.15) is 0 Å². The van der Waals surface area contributed by atoms with Crippen molar-refractivity contribution in [2.75, 3.05) is 13.2 Å². The van der Waals surface area contributed by atoms with Gasteiger partial charge in [-0.25, -0.2) is 0 Å². The van der Waals surface area contributed by atoms with Crippen LogP contribution < -0.4 is 11.1 Å². The Morgan fingerprint density at radius 2 is 2.09 bits per heavy atom. The summed E-state index contributed by atoms with van der Waals surface area (Å²) >= 11 is 0. The minimum atomic E-state index is 0.0596. The molecular weight excluding hydrogens is 276 g/mol. The van der Waals surface area contributed by atoms with Gasteiger partial charge in [-0.05, 0) is 31.4 Å². The van der Waals surface area contributed by atoms with Crippen molar-refractivity contribution in [1.82, 2.24) is 10.3 Å². The molecule has 1 saturated carbocycles. The van der Waals surface area contributed by atoms with Gasteiger partial charge in [-0.2, -0.15) is 0 Å². The van der Waals surface area contributed by atoms with Gasteiger partial charge in [0.15, 0.2) is 5.96 Å². The molecule has 0 bridgehead atoms. The van der Waals surface area contributed by atoms with Crippen molar-refractivity contribution in [2.45, 2.75) is 51.0 Å². The molecular formula is C17H28N4O. The number of aliphatic hydroxyl groups is 1. The molecule has 122 valence electrons. The molecule has 5 heteroatoms. The van der Waals surface area contributed by atoms with Gasteiger partial charge in [0.2, 0.25) is 0 Å². The van der Waals surface area contributed by atoms with E-state index in [-0.39, 0.29) is 12.5 Å². The summed E-state index contributed by atoms with van der Waals surface area (Å²) in [5.74, 6) is 0.566. The van der Waals surface area contributed by atoms with Crippen LogP contribution in [0.1, 0.15) is 44.2 Å². The van der Waals surface area contributed by atoms with Crippen LogP contribution in [0, 0.1) is 5.92 Å². The van der Waals surface area contributed by atoms with E-state index in [9.17, 15) is 5.11 Å². The fourth-order valence-electron chi connectivity index (χ4n) is 2.91. The zero-order valence-corrected chi connectivity index (χ0v) is 13.2. The minimum absolute atomic E-state index is 0.0596. The van der Waals surface area contributed by atoms with E-state index < -0.39 is 0 Å². The molecule has 22 heavy (non-hydrogen) atoms. The Hall–Kier alpha value is -1.62. The van der Waals surface area contributed by atoms with E-state index in [2.05, 4.69) is 15.3 Å². The number of hydrogen-bond donors (Lipinski definition) is 3. The van der Waals surface area contributed by atoms with Crippen LogP contribution in [0.2, 0.25) is 0 Å². The van der Waals surface area contributed by atoms with Crippen LogP contribution in [0.25, 0.3) is 0 Å². The van der Waals surface area contributed by atoms with E-state index in [1.165, 1.54) is 38.5 Å². The number of aromatic nitrogens is 1. The van der Waals surface area contributed by atoms with Gasteiger partial charge in [-0.3, -0.25) is 9.98 Å². The Morgan fingerprint density at radius 3 is 2.73 bits per heavy atom. The molecule has 0 radical (unpaired) electrons. The third-order valence-corrected chi connectivity index (χ3v) is 4.21. The van der Waals surface area contributed by atoms with Gasteiger partial charge in [-0.1, -0.05) is 31.7 Å². The lowest BCUT2D eigenvalue weighted by molar-refractivity contribution is 0.229. The van der Waals surface area contributed by atoms with Crippen molar-refractivity contribution in [3.63, 3.8) is 0 Å². The SMILES string of the molecule is NC(=NCC(CO)Cc1ccccn1)NC1CCCCCC1. The van der Waals surface area contributed by atoms with Crippen molar-refractivity contribution in [3.05, 3.63) is 30.1 Å². The number of pyridine rings is 1. The molecule has 1 aromatic rings. The second kappa shape index (κ2) is 9.41. The van der Waals surface area contributed by atoms with Gasteiger partial charge in [0, 0.05) is 37.0 Å². The second-order valence-corrected chi connectivity index (χ2v) is 6.13. The van der Waals surface area contributed by atoms with Gasteiger partial charge in [-0.15, -0.1) is 0 Å². The van der Waals surface area contributed by atoms with Crippen LogP contribution >= 0.6 is 0 Å². The lowest BCUT2D eigenvalue weighted by Crippen LogP contribution is -2.40. The highest BCUT2D eigenvalue weighted by molar-refractivity contribution is 5.78. The lowest BCUT2D eigenvalue weighted by Gasteiger charge is -2.17. The molecule has 1 fully saturated rings. The fourth-order valence-corrected chi connectivity index (χ4v) is 2.91. The van der Waals surface area contributed by atoms with E-state index in [1.54, 1.807) is 6.20 Å². The highest BCUT2D eigenvalue weighted by Crippen LogP contribution is 2.17. The molecule has 1 aromatic heterocycles. The Bertz CT molecular complexity index is 441. The van der Waals surface area contributed by atoms with Crippen LogP contribution in [0.3, 0.4) is 0 Å². The van der Waals surface area contributed by atoms with E-state index in [4.69, 9.17) is 5.73 Å². The van der Waals surface area contributed by atoms with Crippen LogP contribution in [-0.4, -0.2) is 35.2 Å². The van der Waals surface area contributed by atoms with E-state index in [1.807, 2.05) is 18.2 Å². The lowest BCUT2D eigenvalue weighted by atomic mass is 10.0. The zero-order chi connectivity index (χ0) is 15.6. The predicted molar refractivity (Wildman–Crippen MR) is 89.6 cm³/mol. The maximum atomic E-state index is 9.50. The molecule has 0 aliphatic heterocycles. The number of nitrogens with zero attached hydrogens (tertiary/aromatic N) is 2. The largest absolute Gasteiger partial charge is 0.396 e. The quantitative estimate of drug-likeness (QED) is 0.425. The Balaban J connectivity index is 1.79. The van der Waals surface area contributed by atoms with Crippen LogP contribution in [0.4, 0.5) is 0 Å². The third kappa shape index (κ3) is 6.02. The van der Waals surface area contributed by atoms with E-state index in [0.717, 1.165) is 12.1 Å². The Morgan fingerprint density at radius 1 is 1.32 bits per heavy atom. The average molecular weight is 304 g/mol. The number of nitrogens with one attached hydrogen (secondary N) is 1. The predicted octanol–water partition coefficient (Wildman–Crippen LogP) is 1.86. The Kier molecular flexibility index (Phi) is 7.16. The standard InChI is InChI=1S/C17H28N4O/c18-17(21-15-7-3-1-2-4-8-15)20-12-14(13-22)11-16-9-5-6-10-19-16/h5-6,9-10,14-15,22H,1-4,7-8,11-13H2,(H3,18,20,21). The summed E-state index contributed by atoms with van der Waals surface area (Å²) in [5, 5.41) is 12.8. The molecule has 0 aromatic carbocycles. The summed E-state index contributed by atoms with van der Waals surface area (Å²) in [4.78, 5) is 8.70. The topological polar surface area (TPSA) is 83.5 Å². The number of aliphatic imine (C=N–C) groups is 1. The zero-order valence-electron chi connectivity index (χ0n) is 13.2. The summed E-state index contributed by atoms with van der Waals surface area (Å²) < 4.78 is 0. The monoisotopic (exact) mass is 304 g/mol. The number of nitrogens with two attached hydrogens (primary N) is 1. The molecule has 1 heterocycles. The molecule has 2 rings (SSSR count). The van der Waals surface area contributed by atoms with Gasteiger partial charge in [0.25, 0.3) is 0 Å². The third-order valence-electron chi connectivity index (χ3n) is 4.21. The first-order chi connectivity index (χ1) is 10.8. The molecule has 0 amide bonds. The smallest absolute Gasteiger partial charge is 0.188 e. The molecule has 5 nitrogen and oxygen atoms in total. The van der Waals surface area contributed by atoms with Crippen LogP contribution in [0.15, 0.2) is 29.4 Å². The fraction of sp³-hybridized carbons (Fsp3) is 0.647. The summed E-state index contributed by atoms with van der Waals surface area (Å²) in [5.41, 5.74) is 6.97. The van der Waals surface area contributed by atoms with Crippen molar-refractivity contribution in [2.24, 2.45) is 16.6 Å². The number of rotatable bonds is 6. The minimum Gasteiger partial charge on any atom is -0.396 e. The van der Waals surface area contributed by atoms with Crippen LogP contribution in [0.5, 0.6) is 0 Å². The van der Waals surface area contributed by atoms with Gasteiger partial charge >= 0.3 is 0 Å². The molecule has 1 aliphatic carbocycles. The number of hydrogen-bond acceptors (Lipinski definition) is 3. The molecule has 1 atom stereocenters. The van der Waals surface area contributed by atoms with Gasteiger partial charge in [0.05, 0.1) is 0 Å². The van der Waals surface area contributed by atoms with Crippen molar-refractivity contribution < 1.29 is 5.11 Å². The van der Waals surface area contributed by atoms with Gasteiger partial charge < -0.3 is 16.2 Å². The number of guanidine groups is 1. The van der Waals surface area contributed by atoms with Crippen molar-refractivity contribution in [3.8, 4) is 0 Å². The molecule has 0 saturated heterocycles. The van der Waals surface area contributed by atoms with Crippen molar-refractivity contribution in [1.29, 1.82) is 0 Å². The molecule has 4 N–H and O–H groups in total. The van der Waals surface area contributed by atoms with Crippen molar-refractivity contribution >= 4 is 5.96 Å². The summed E-state index contributed by atoms with van der Waals surface area (Å²) in [6, 6.07) is 6.28. The first-order valence-electron chi connectivity index (χ1n) is 8.35. The van der Waals surface area contributed by atoms with Crippen LogP contribution in [-0.2, 0) is 6.42 Å². The summed E-state index contributed by atoms with van der Waals surface area (Å²) in [7, 11) is 0. The second-order valence-electron chi connectivity index (χ2n) is 6.13. The Labute approximate surface area is 133 Å². The van der Waals surface area contributed by atoms with E-state index >= 15 is 0 Å². The maximum Gasteiger partial charge on any atom is 0.188 e. The first-order valence-corrected chi connectivity index (χ1v) is 8.35. The first kappa shape index (κ1) is 16.7. The maximum absolute atomic E-state index is 9.50. The molecule has 0 spiro atoms.